The first-order valence-corrected chi connectivity index (χ1v) is 2.15. The zero-order valence-corrected chi connectivity index (χ0v) is 3.82. The minimum absolute atomic E-state index is 0.154. The fraction of sp³-hybridized carbons (Fsp3) is 0.200. The Labute approximate surface area is 41.5 Å². The Bertz CT molecular complexity index is 115. The molecule has 0 spiro atoms. The first-order valence-electron chi connectivity index (χ1n) is 2.15. The van der Waals surface area contributed by atoms with Crippen molar-refractivity contribution in [1.82, 2.24) is 5.32 Å². The van der Waals surface area contributed by atoms with Crippen molar-refractivity contribution in [2.75, 3.05) is 6.54 Å². The summed E-state index contributed by atoms with van der Waals surface area (Å²) in [6.45, 7) is 0.613. The van der Waals surface area contributed by atoms with E-state index >= 15 is 0 Å². The molecule has 38 valence electrons. The Hall–Kier alpha value is -0.790. The molecule has 0 aromatic heterocycles. The first kappa shape index (κ1) is 4.37. The van der Waals surface area contributed by atoms with Crippen LogP contribution in [0, 0.1) is 0 Å². The summed E-state index contributed by atoms with van der Waals surface area (Å²) in [5.74, 6) is -0.154. The first-order chi connectivity index (χ1) is 3.39. The van der Waals surface area contributed by atoms with Gasteiger partial charge >= 0.3 is 0 Å². The van der Waals surface area contributed by atoms with Crippen molar-refractivity contribution in [3.8, 4) is 0 Å². The van der Waals surface area contributed by atoms with Gasteiger partial charge in [-0.3, -0.25) is 0 Å². The highest BCUT2D eigenvalue weighted by Gasteiger charge is 1.88. The number of nitrogens with one attached hydrogen (secondary N) is 1. The van der Waals surface area contributed by atoms with Gasteiger partial charge in [0.15, 0.2) is 0 Å². The third-order valence-corrected chi connectivity index (χ3v) is 0.775. The molecule has 0 aliphatic carbocycles. The Morgan fingerprint density at radius 2 is 2.57 bits per heavy atom. The lowest BCUT2D eigenvalue weighted by Gasteiger charge is -1.97. The van der Waals surface area contributed by atoms with Gasteiger partial charge in [-0.15, -0.1) is 0 Å². The van der Waals surface area contributed by atoms with Crippen LogP contribution in [0.2, 0.25) is 0 Å². The third-order valence-electron chi connectivity index (χ3n) is 0.775. The lowest BCUT2D eigenvalue weighted by atomic mass is 10.4. The van der Waals surface area contributed by atoms with Crippen molar-refractivity contribution in [3.63, 3.8) is 0 Å². The van der Waals surface area contributed by atoms with Crippen LogP contribution in [0.4, 0.5) is 4.39 Å². The predicted molar refractivity (Wildman–Crippen MR) is 26.3 cm³/mol. The van der Waals surface area contributed by atoms with Gasteiger partial charge in [0.25, 0.3) is 0 Å². The van der Waals surface area contributed by atoms with Crippen LogP contribution in [0.3, 0.4) is 0 Å². The van der Waals surface area contributed by atoms with E-state index in [2.05, 4.69) is 5.32 Å². The van der Waals surface area contributed by atoms with Crippen LogP contribution in [0.15, 0.2) is 24.2 Å². The smallest absolute Gasteiger partial charge is 0.122 e. The normalized spacial score (nSPS) is 18.1. The summed E-state index contributed by atoms with van der Waals surface area (Å²) in [6, 6.07) is 0. The average Bonchev–Trinajstić information content (AvgIpc) is 1.69. The molecule has 1 aliphatic heterocycles. The monoisotopic (exact) mass is 99.0 g/mol. The van der Waals surface area contributed by atoms with E-state index in [-0.39, 0.29) is 5.83 Å². The van der Waals surface area contributed by atoms with Crippen LogP contribution in [-0.2, 0) is 0 Å². The van der Waals surface area contributed by atoms with Crippen LogP contribution < -0.4 is 5.32 Å². The number of hydrogen-bond acceptors (Lipinski definition) is 1. The summed E-state index contributed by atoms with van der Waals surface area (Å²) < 4.78 is 11.9. The summed E-state index contributed by atoms with van der Waals surface area (Å²) in [7, 11) is 0. The van der Waals surface area contributed by atoms with Gasteiger partial charge in [-0.05, 0) is 18.4 Å². The summed E-state index contributed by atoms with van der Waals surface area (Å²) in [4.78, 5) is 0. The van der Waals surface area contributed by atoms with Crippen LogP contribution >= 0.6 is 0 Å². The van der Waals surface area contributed by atoms with Crippen molar-refractivity contribution in [3.05, 3.63) is 24.2 Å². The second-order valence-corrected chi connectivity index (χ2v) is 1.33. The summed E-state index contributed by atoms with van der Waals surface area (Å²) in [5.41, 5.74) is 0. The van der Waals surface area contributed by atoms with E-state index in [0.717, 1.165) is 0 Å². The molecule has 0 radical (unpaired) electrons. The lowest BCUT2D eigenvalue weighted by molar-refractivity contribution is 0.651. The number of halogens is 1. The van der Waals surface area contributed by atoms with E-state index in [1.54, 1.807) is 6.20 Å². The largest absolute Gasteiger partial charge is 0.387 e. The zero-order chi connectivity index (χ0) is 5.11. The van der Waals surface area contributed by atoms with Crippen molar-refractivity contribution >= 4 is 0 Å². The van der Waals surface area contributed by atoms with E-state index < -0.39 is 0 Å². The molecule has 0 saturated carbocycles. The molecule has 0 unspecified atom stereocenters. The van der Waals surface area contributed by atoms with Gasteiger partial charge in [0.2, 0.25) is 0 Å². The van der Waals surface area contributed by atoms with Gasteiger partial charge in [0.05, 0.1) is 0 Å². The second kappa shape index (κ2) is 1.78. The van der Waals surface area contributed by atoms with Gasteiger partial charge in [0.1, 0.15) is 5.83 Å². The second-order valence-electron chi connectivity index (χ2n) is 1.33. The molecule has 1 aliphatic rings. The van der Waals surface area contributed by atoms with Gasteiger partial charge in [-0.25, -0.2) is 4.39 Å². The fourth-order valence-electron chi connectivity index (χ4n) is 0.431. The molecule has 1 nitrogen and oxygen atoms in total. The quantitative estimate of drug-likeness (QED) is 0.477. The van der Waals surface area contributed by atoms with Gasteiger partial charge in [0, 0.05) is 6.54 Å². The van der Waals surface area contributed by atoms with E-state index in [1.165, 1.54) is 12.2 Å². The summed E-state index contributed by atoms with van der Waals surface area (Å²) in [6.07, 6.45) is 4.47. The maximum atomic E-state index is 11.9. The van der Waals surface area contributed by atoms with Crippen LogP contribution in [0.1, 0.15) is 0 Å². The number of rotatable bonds is 0. The topological polar surface area (TPSA) is 12.0 Å². The van der Waals surface area contributed by atoms with Crippen molar-refractivity contribution < 1.29 is 4.39 Å². The zero-order valence-electron chi connectivity index (χ0n) is 3.82. The highest BCUT2D eigenvalue weighted by atomic mass is 19.1. The Morgan fingerprint density at radius 1 is 1.71 bits per heavy atom. The summed E-state index contributed by atoms with van der Waals surface area (Å²) >= 11 is 0. The highest BCUT2D eigenvalue weighted by molar-refractivity contribution is 5.14. The highest BCUT2D eigenvalue weighted by Crippen LogP contribution is 1.98. The van der Waals surface area contributed by atoms with Crippen molar-refractivity contribution in [1.29, 1.82) is 0 Å². The van der Waals surface area contributed by atoms with Crippen molar-refractivity contribution in [2.45, 2.75) is 0 Å². The maximum absolute atomic E-state index is 11.9. The predicted octanol–water partition coefficient (Wildman–Crippen LogP) is 0.957. The molecule has 0 aromatic carbocycles. The molecule has 2 heteroatoms. The van der Waals surface area contributed by atoms with Crippen LogP contribution in [0.25, 0.3) is 0 Å². The molecule has 1 rings (SSSR count). The molecule has 1 N–H and O–H groups in total. The standard InChI is InChI=1S/C5H6FN/c6-5-1-3-7-4-2-5/h1-3,7H,4H2. The van der Waals surface area contributed by atoms with Gasteiger partial charge in [-0.2, -0.15) is 0 Å². The van der Waals surface area contributed by atoms with E-state index in [4.69, 9.17) is 0 Å². The molecule has 0 bridgehead atoms. The molecule has 0 amide bonds. The molecule has 7 heavy (non-hydrogen) atoms. The van der Waals surface area contributed by atoms with Crippen molar-refractivity contribution in [2.24, 2.45) is 0 Å². The van der Waals surface area contributed by atoms with Gasteiger partial charge in [-0.1, -0.05) is 0 Å². The lowest BCUT2D eigenvalue weighted by Crippen LogP contribution is -2.06. The fourth-order valence-corrected chi connectivity index (χ4v) is 0.431. The molecular weight excluding hydrogens is 93.1 g/mol. The molecule has 0 saturated heterocycles. The van der Waals surface area contributed by atoms with E-state index in [9.17, 15) is 4.39 Å². The van der Waals surface area contributed by atoms with Crippen LogP contribution in [0.5, 0.6) is 0 Å². The number of dihydropyridines is 1. The molecule has 1 heterocycles. The molecule has 0 aromatic rings. The summed E-state index contributed by atoms with van der Waals surface area (Å²) in [5, 5.41) is 2.82. The third kappa shape index (κ3) is 1.03. The maximum Gasteiger partial charge on any atom is 0.122 e. The Kier molecular flexibility index (Phi) is 1.11. The molecular formula is C5H6FN. The minimum atomic E-state index is -0.154. The van der Waals surface area contributed by atoms with E-state index in [1.807, 2.05) is 0 Å². The number of allylic oxidation sites excluding steroid dienone is 2. The van der Waals surface area contributed by atoms with Gasteiger partial charge < -0.3 is 5.32 Å². The Balaban J connectivity index is 2.58. The molecule has 0 atom stereocenters. The molecule has 0 fully saturated rings. The average molecular weight is 99.1 g/mol. The minimum Gasteiger partial charge on any atom is -0.387 e. The Morgan fingerprint density at radius 3 is 2.86 bits per heavy atom. The number of hydrogen-bond donors (Lipinski definition) is 1. The van der Waals surface area contributed by atoms with Crippen LogP contribution in [-0.4, -0.2) is 6.54 Å². The SMILES string of the molecule is FC1=CCNC=C1. The van der Waals surface area contributed by atoms with E-state index in [0.29, 0.717) is 6.54 Å².